The molecule has 1 N–H and O–H groups in total. The Morgan fingerprint density at radius 1 is 1.24 bits per heavy atom. The molecular weight excluding hydrogens is 220 g/mol. The molecule has 0 amide bonds. The molecule has 0 saturated heterocycles. The molecule has 1 aromatic carbocycles. The Hall–Kier alpha value is -2.17. The van der Waals surface area contributed by atoms with Crippen molar-refractivity contribution in [3.63, 3.8) is 0 Å². The van der Waals surface area contributed by atoms with E-state index in [1.54, 1.807) is 11.9 Å². The van der Waals surface area contributed by atoms with E-state index in [2.05, 4.69) is 5.16 Å². The fourth-order valence-electron chi connectivity index (χ4n) is 2.73. The highest BCUT2D eigenvalue weighted by atomic mass is 16.4. The minimum absolute atomic E-state index is 0.332. The van der Waals surface area contributed by atoms with E-state index in [0.717, 1.165) is 11.3 Å². The zero-order chi connectivity index (χ0) is 12.2. The lowest BCUT2D eigenvalue weighted by Crippen LogP contribution is -2.35. The zero-order valence-electron chi connectivity index (χ0n) is 9.12. The number of likely N-dealkylation sites (N-methyl/N-ethyl adjacent to an activating group) is 1. The summed E-state index contributed by atoms with van der Waals surface area (Å²) in [6.45, 7) is 0. The van der Waals surface area contributed by atoms with Crippen molar-refractivity contribution in [1.82, 2.24) is 0 Å². The van der Waals surface area contributed by atoms with E-state index in [1.165, 1.54) is 0 Å². The van der Waals surface area contributed by atoms with Gasteiger partial charge in [-0.3, -0.25) is 9.59 Å². The van der Waals surface area contributed by atoms with Crippen molar-refractivity contribution in [2.24, 2.45) is 5.16 Å². The molecule has 3 rings (SSSR count). The van der Waals surface area contributed by atoms with Gasteiger partial charge in [0.2, 0.25) is 5.78 Å². The number of hydrogen-bond acceptors (Lipinski definition) is 5. The summed E-state index contributed by atoms with van der Waals surface area (Å²) in [5.41, 5.74) is 1.39. The minimum Gasteiger partial charge on any atom is -0.410 e. The van der Waals surface area contributed by atoms with Gasteiger partial charge in [0, 0.05) is 12.7 Å². The first-order chi connectivity index (χ1) is 8.16. The second-order valence-electron chi connectivity index (χ2n) is 4.27. The lowest BCUT2D eigenvalue weighted by molar-refractivity contribution is -0.114. The topological polar surface area (TPSA) is 70.0 Å². The highest BCUT2D eigenvalue weighted by molar-refractivity contribution is 6.72. The fraction of sp³-hybridized carbons (Fsp3) is 0.250. The molecule has 0 bridgehead atoms. The quantitative estimate of drug-likeness (QED) is 0.522. The summed E-state index contributed by atoms with van der Waals surface area (Å²) in [7, 11) is 1.77. The van der Waals surface area contributed by atoms with Crippen LogP contribution in [-0.4, -0.2) is 35.6 Å². The van der Waals surface area contributed by atoms with E-state index in [4.69, 9.17) is 5.21 Å². The van der Waals surface area contributed by atoms with Gasteiger partial charge in [0.05, 0.1) is 5.92 Å². The van der Waals surface area contributed by atoms with Crippen LogP contribution in [0.2, 0.25) is 0 Å². The molecule has 1 saturated carbocycles. The number of ketones is 2. The van der Waals surface area contributed by atoms with Gasteiger partial charge in [-0.25, -0.2) is 0 Å². The third kappa shape index (κ3) is 1.06. The van der Waals surface area contributed by atoms with Crippen molar-refractivity contribution in [3.05, 3.63) is 29.8 Å². The van der Waals surface area contributed by atoms with Crippen LogP contribution < -0.4 is 4.90 Å². The van der Waals surface area contributed by atoms with E-state index in [0.29, 0.717) is 0 Å². The Kier molecular flexibility index (Phi) is 1.86. The fourth-order valence-corrected chi connectivity index (χ4v) is 2.73. The standard InChI is InChI=1S/C12H10N2O3/c1-14-7-5-3-2-4-6(7)8-10(14)12(16)9(13-17)11(8)15/h2-5,8,10,17H,1H3. The lowest BCUT2D eigenvalue weighted by Gasteiger charge is -2.18. The number of para-hydroxylation sites is 1. The van der Waals surface area contributed by atoms with Gasteiger partial charge in [0.25, 0.3) is 0 Å². The smallest absolute Gasteiger partial charge is 0.211 e. The first-order valence-electron chi connectivity index (χ1n) is 5.29. The zero-order valence-corrected chi connectivity index (χ0v) is 9.12. The summed E-state index contributed by atoms with van der Waals surface area (Å²) in [6.07, 6.45) is 0. The minimum atomic E-state index is -0.550. The average Bonchev–Trinajstić information content (AvgIpc) is 2.76. The molecule has 0 spiro atoms. The summed E-state index contributed by atoms with van der Waals surface area (Å²) < 4.78 is 0. The Morgan fingerprint density at radius 2 is 1.94 bits per heavy atom. The molecule has 1 fully saturated rings. The summed E-state index contributed by atoms with van der Waals surface area (Å²) in [4.78, 5) is 25.7. The number of Topliss-reactive ketones (excluding diaryl/α,β-unsaturated/α-hetero) is 2. The average molecular weight is 230 g/mol. The van der Waals surface area contributed by atoms with Crippen LogP contribution in [0, 0.1) is 0 Å². The number of oxime groups is 1. The van der Waals surface area contributed by atoms with Crippen molar-refractivity contribution in [1.29, 1.82) is 0 Å². The predicted molar refractivity (Wildman–Crippen MR) is 60.6 cm³/mol. The summed E-state index contributed by atoms with van der Waals surface area (Å²) >= 11 is 0. The van der Waals surface area contributed by atoms with Crippen molar-refractivity contribution in [3.8, 4) is 0 Å². The van der Waals surface area contributed by atoms with Gasteiger partial charge in [-0.1, -0.05) is 23.4 Å². The Balaban J connectivity index is 2.21. The molecule has 5 nitrogen and oxygen atoms in total. The monoisotopic (exact) mass is 230 g/mol. The normalized spacial score (nSPS) is 28.8. The van der Waals surface area contributed by atoms with E-state index in [1.807, 2.05) is 24.3 Å². The van der Waals surface area contributed by atoms with Crippen molar-refractivity contribution in [2.75, 3.05) is 11.9 Å². The van der Waals surface area contributed by atoms with Gasteiger partial charge < -0.3 is 10.1 Å². The SMILES string of the molecule is CN1c2ccccc2C2C(=O)C(=NO)C(=O)C21. The van der Waals surface area contributed by atoms with Crippen molar-refractivity contribution < 1.29 is 14.8 Å². The molecule has 2 unspecified atom stereocenters. The molecule has 1 heterocycles. The maximum atomic E-state index is 12.0. The Bertz CT molecular complexity index is 565. The number of rotatable bonds is 0. The highest BCUT2D eigenvalue weighted by Gasteiger charge is 2.54. The number of carbonyl (C=O) groups is 2. The summed E-state index contributed by atoms with van der Waals surface area (Å²) in [5.74, 6) is -1.31. The van der Waals surface area contributed by atoms with Crippen LogP contribution in [0.4, 0.5) is 5.69 Å². The van der Waals surface area contributed by atoms with Crippen LogP contribution in [0.25, 0.3) is 0 Å². The maximum Gasteiger partial charge on any atom is 0.211 e. The molecule has 17 heavy (non-hydrogen) atoms. The van der Waals surface area contributed by atoms with Crippen LogP contribution in [0.15, 0.2) is 29.4 Å². The van der Waals surface area contributed by atoms with Crippen LogP contribution in [0.5, 0.6) is 0 Å². The highest BCUT2D eigenvalue weighted by Crippen LogP contribution is 2.44. The predicted octanol–water partition coefficient (Wildman–Crippen LogP) is 0.571. The molecule has 1 aromatic rings. The number of anilines is 1. The molecular formula is C12H10N2O3. The molecule has 5 heteroatoms. The first-order valence-corrected chi connectivity index (χ1v) is 5.29. The van der Waals surface area contributed by atoms with Crippen molar-refractivity contribution in [2.45, 2.75) is 12.0 Å². The molecule has 0 aromatic heterocycles. The van der Waals surface area contributed by atoms with E-state index < -0.39 is 17.7 Å². The second kappa shape index (κ2) is 3.16. The molecule has 2 aliphatic rings. The van der Waals surface area contributed by atoms with Gasteiger partial charge >= 0.3 is 0 Å². The molecule has 0 radical (unpaired) electrons. The van der Waals surface area contributed by atoms with Crippen LogP contribution >= 0.6 is 0 Å². The Morgan fingerprint density at radius 3 is 2.65 bits per heavy atom. The third-order valence-electron chi connectivity index (χ3n) is 3.50. The first kappa shape index (κ1) is 10.0. The molecule has 86 valence electrons. The van der Waals surface area contributed by atoms with E-state index in [-0.39, 0.29) is 11.5 Å². The largest absolute Gasteiger partial charge is 0.410 e. The van der Waals surface area contributed by atoms with Gasteiger partial charge in [0.15, 0.2) is 11.5 Å². The number of carbonyl (C=O) groups excluding carboxylic acids is 2. The Labute approximate surface area is 97.3 Å². The number of fused-ring (bicyclic) bond motifs is 3. The van der Waals surface area contributed by atoms with Gasteiger partial charge in [-0.05, 0) is 11.6 Å². The number of benzene rings is 1. The second-order valence-corrected chi connectivity index (χ2v) is 4.27. The van der Waals surface area contributed by atoms with Crippen LogP contribution in [0.1, 0.15) is 11.5 Å². The van der Waals surface area contributed by atoms with E-state index >= 15 is 0 Å². The van der Waals surface area contributed by atoms with E-state index in [9.17, 15) is 9.59 Å². The van der Waals surface area contributed by atoms with Crippen molar-refractivity contribution >= 4 is 23.0 Å². The van der Waals surface area contributed by atoms with Gasteiger partial charge in [-0.15, -0.1) is 0 Å². The lowest BCUT2D eigenvalue weighted by atomic mass is 9.97. The molecule has 1 aliphatic carbocycles. The maximum absolute atomic E-state index is 12.0. The molecule has 1 aliphatic heterocycles. The number of nitrogens with zero attached hydrogens (tertiary/aromatic N) is 2. The third-order valence-corrected chi connectivity index (χ3v) is 3.50. The molecule has 2 atom stereocenters. The number of hydrogen-bond donors (Lipinski definition) is 1. The van der Waals surface area contributed by atoms with Crippen LogP contribution in [0.3, 0.4) is 0 Å². The summed E-state index contributed by atoms with van der Waals surface area (Å²) in [5, 5.41) is 11.6. The van der Waals surface area contributed by atoms with Crippen LogP contribution in [-0.2, 0) is 9.59 Å². The summed E-state index contributed by atoms with van der Waals surface area (Å²) in [6, 6.07) is 6.87. The van der Waals surface area contributed by atoms with Gasteiger partial charge in [0.1, 0.15) is 6.04 Å². The van der Waals surface area contributed by atoms with Gasteiger partial charge in [-0.2, -0.15) is 0 Å².